The molecule has 0 aliphatic carbocycles. The summed E-state index contributed by atoms with van der Waals surface area (Å²) in [5, 5.41) is 29.6. The zero-order chi connectivity index (χ0) is 22.3. The van der Waals surface area contributed by atoms with Crippen LogP contribution in [0, 0.1) is 17.8 Å². The highest BCUT2D eigenvalue weighted by molar-refractivity contribution is 7.80. The fourth-order valence-corrected chi connectivity index (χ4v) is 4.35. The molecule has 3 heterocycles. The van der Waals surface area contributed by atoms with Crippen LogP contribution in [-0.2, 0) is 0 Å². The molecule has 178 valence electrons. The summed E-state index contributed by atoms with van der Waals surface area (Å²) in [6.45, 7) is 14.3. The zero-order valence-electron chi connectivity index (χ0n) is 19.3. The van der Waals surface area contributed by atoms with Gasteiger partial charge in [-0.1, -0.05) is 6.92 Å². The van der Waals surface area contributed by atoms with Crippen molar-refractivity contribution in [2.24, 2.45) is 5.41 Å². The molecular formula is C22H44N8S. The fourth-order valence-electron chi connectivity index (χ4n) is 4.03. The number of rotatable bonds is 5. The molecule has 3 fully saturated rings. The fraction of sp³-hybridized carbons (Fsp3) is 0.864. The Morgan fingerprint density at radius 2 is 1.26 bits per heavy atom. The summed E-state index contributed by atoms with van der Waals surface area (Å²) >= 11 is 5.65. The number of thiocarbonyl (C=S) groups is 1. The van der Waals surface area contributed by atoms with E-state index in [1.165, 1.54) is 0 Å². The Morgan fingerprint density at radius 3 is 1.71 bits per heavy atom. The molecule has 31 heavy (non-hydrogen) atoms. The van der Waals surface area contributed by atoms with Gasteiger partial charge >= 0.3 is 0 Å². The molecule has 9 heteroatoms. The van der Waals surface area contributed by atoms with Gasteiger partial charge in [-0.25, -0.2) is 0 Å². The van der Waals surface area contributed by atoms with Gasteiger partial charge in [0.1, 0.15) is 0 Å². The highest BCUT2D eigenvalue weighted by Gasteiger charge is 2.31. The predicted molar refractivity (Wildman–Crippen MR) is 134 cm³/mol. The Kier molecular flexibility index (Phi) is 12.7. The van der Waals surface area contributed by atoms with Gasteiger partial charge in [0.2, 0.25) is 0 Å². The van der Waals surface area contributed by atoms with E-state index in [0.717, 1.165) is 104 Å². The molecule has 3 aliphatic heterocycles. The Balaban J connectivity index is 2.01. The van der Waals surface area contributed by atoms with Crippen molar-refractivity contribution in [1.82, 2.24) is 42.5 Å². The molecule has 8 N–H and O–H groups in total. The van der Waals surface area contributed by atoms with Crippen molar-refractivity contribution >= 4 is 17.3 Å². The van der Waals surface area contributed by atoms with Gasteiger partial charge in [-0.05, 0) is 25.1 Å². The minimum absolute atomic E-state index is 0.192. The van der Waals surface area contributed by atoms with Gasteiger partial charge in [-0.15, -0.1) is 12.3 Å². The van der Waals surface area contributed by atoms with Gasteiger partial charge in [0.25, 0.3) is 0 Å². The van der Waals surface area contributed by atoms with E-state index in [2.05, 4.69) is 55.4 Å². The smallest absolute Gasteiger partial charge is 0.166 e. The lowest BCUT2D eigenvalue weighted by atomic mass is 9.90. The van der Waals surface area contributed by atoms with Gasteiger partial charge in [-0.2, -0.15) is 0 Å². The van der Waals surface area contributed by atoms with E-state index in [1.54, 1.807) is 0 Å². The number of hydrogen-bond acceptors (Lipinski definition) is 7. The second-order valence-electron chi connectivity index (χ2n) is 9.19. The third kappa shape index (κ3) is 10.9. The average Bonchev–Trinajstić information content (AvgIpc) is 2.75. The van der Waals surface area contributed by atoms with E-state index >= 15 is 0 Å². The molecule has 8 nitrogen and oxygen atoms in total. The first-order valence-corrected chi connectivity index (χ1v) is 12.2. The summed E-state index contributed by atoms with van der Waals surface area (Å²) in [7, 11) is 0. The van der Waals surface area contributed by atoms with Crippen molar-refractivity contribution < 1.29 is 0 Å². The summed E-state index contributed by atoms with van der Waals surface area (Å²) in [6.07, 6.45) is 8.20. The molecule has 0 radical (unpaired) electrons. The topological polar surface area (TPSA) is 96.2 Å². The number of unbranched alkanes of at least 4 members (excludes halogenated alkanes) is 2. The van der Waals surface area contributed by atoms with Crippen LogP contribution in [0.1, 0.15) is 26.2 Å². The van der Waals surface area contributed by atoms with E-state index < -0.39 is 0 Å². The molecule has 0 unspecified atom stereocenters. The summed E-state index contributed by atoms with van der Waals surface area (Å²) in [6, 6.07) is 0. The molecule has 0 saturated carbocycles. The minimum atomic E-state index is -0.217. The molecule has 0 atom stereocenters. The molecule has 0 aromatic carbocycles. The first kappa shape index (κ1) is 26.3. The highest BCUT2D eigenvalue weighted by Crippen LogP contribution is 2.12. The lowest BCUT2D eigenvalue weighted by Gasteiger charge is -2.38. The number of fused-ring (bicyclic) bond motifs is 15. The van der Waals surface area contributed by atoms with Crippen molar-refractivity contribution in [1.29, 1.82) is 0 Å². The lowest BCUT2D eigenvalue weighted by molar-refractivity contribution is 0.260. The third-order valence-corrected chi connectivity index (χ3v) is 6.14. The summed E-state index contributed by atoms with van der Waals surface area (Å²) in [5.74, 6) is 2.69. The van der Waals surface area contributed by atoms with Crippen LogP contribution in [0.3, 0.4) is 0 Å². The summed E-state index contributed by atoms with van der Waals surface area (Å²) in [5.41, 5.74) is -0.0245. The van der Waals surface area contributed by atoms with Crippen LogP contribution in [0.5, 0.6) is 0 Å². The number of nitrogens with one attached hydrogen (secondary N) is 8. The lowest BCUT2D eigenvalue weighted by Crippen LogP contribution is -2.67. The van der Waals surface area contributed by atoms with Gasteiger partial charge in [0.05, 0.1) is 5.54 Å². The molecule has 2 bridgehead atoms. The molecule has 3 saturated heterocycles. The molecule has 0 aromatic heterocycles. The van der Waals surface area contributed by atoms with Crippen molar-refractivity contribution in [3.8, 4) is 12.3 Å². The van der Waals surface area contributed by atoms with Crippen LogP contribution in [0.15, 0.2) is 0 Å². The maximum Gasteiger partial charge on any atom is 0.166 e. The number of terminal acetylenes is 1. The van der Waals surface area contributed by atoms with Crippen molar-refractivity contribution in [3.05, 3.63) is 0 Å². The van der Waals surface area contributed by atoms with Crippen molar-refractivity contribution in [3.63, 3.8) is 0 Å². The van der Waals surface area contributed by atoms with E-state index in [0.29, 0.717) is 5.11 Å². The Labute approximate surface area is 194 Å². The highest BCUT2D eigenvalue weighted by atomic mass is 32.1. The van der Waals surface area contributed by atoms with Crippen molar-refractivity contribution in [2.45, 2.75) is 31.7 Å². The largest absolute Gasteiger partial charge is 0.363 e. The Hall–Kier alpha value is -0.990. The predicted octanol–water partition coefficient (Wildman–Crippen LogP) is -1.44. The standard InChI is InChI=1S/C22H44N8S/c1-3-4-5-6-7-29-20(31)30-22-17-26-11-8-23-14-21(2,15-24-9-12-27-18-22)16-25-10-13-28-19-22/h1,23-28H,4-19H2,2H3,(H2,29,30,31). The first-order chi connectivity index (χ1) is 15.1. The normalized spacial score (nSPS) is 29.3. The quantitative estimate of drug-likeness (QED) is 0.145. The van der Waals surface area contributed by atoms with Crippen LogP contribution in [0.4, 0.5) is 0 Å². The van der Waals surface area contributed by atoms with Crippen LogP contribution in [0.25, 0.3) is 0 Å². The second-order valence-corrected chi connectivity index (χ2v) is 9.60. The van der Waals surface area contributed by atoms with Crippen LogP contribution in [-0.4, -0.2) is 95.7 Å². The monoisotopic (exact) mass is 452 g/mol. The molecule has 3 rings (SSSR count). The molecule has 3 aliphatic rings. The van der Waals surface area contributed by atoms with Crippen LogP contribution >= 0.6 is 12.2 Å². The van der Waals surface area contributed by atoms with E-state index in [-0.39, 0.29) is 11.0 Å². The minimum Gasteiger partial charge on any atom is -0.363 e. The SMILES string of the molecule is C#CCCCCNC(=S)NC12CNCCNCC(C)(CNCCNC1)CNCCNC2. The molecule has 0 amide bonds. The third-order valence-electron chi connectivity index (χ3n) is 5.89. The summed E-state index contributed by atoms with van der Waals surface area (Å²) in [4.78, 5) is 0. The van der Waals surface area contributed by atoms with E-state index in [1.807, 2.05) is 0 Å². The van der Waals surface area contributed by atoms with Gasteiger partial charge in [0.15, 0.2) is 5.11 Å². The van der Waals surface area contributed by atoms with Crippen molar-refractivity contribution in [2.75, 3.05) is 85.1 Å². The maximum absolute atomic E-state index is 5.65. The zero-order valence-corrected chi connectivity index (χ0v) is 20.1. The van der Waals surface area contributed by atoms with Gasteiger partial charge < -0.3 is 42.5 Å². The van der Waals surface area contributed by atoms with Crippen LogP contribution < -0.4 is 42.5 Å². The van der Waals surface area contributed by atoms with Crippen LogP contribution in [0.2, 0.25) is 0 Å². The van der Waals surface area contributed by atoms with E-state index in [4.69, 9.17) is 18.6 Å². The van der Waals surface area contributed by atoms with Gasteiger partial charge in [-0.3, -0.25) is 0 Å². The number of hydrogen-bond donors (Lipinski definition) is 8. The molecular weight excluding hydrogens is 408 g/mol. The van der Waals surface area contributed by atoms with E-state index in [9.17, 15) is 0 Å². The molecule has 0 aromatic rings. The molecule has 0 spiro atoms. The first-order valence-electron chi connectivity index (χ1n) is 11.8. The van der Waals surface area contributed by atoms with Gasteiger partial charge in [0, 0.05) is 96.9 Å². The average molecular weight is 453 g/mol. The Bertz CT molecular complexity index is 507. The second kappa shape index (κ2) is 15.0. The Morgan fingerprint density at radius 1 is 0.806 bits per heavy atom. The maximum atomic E-state index is 5.65. The summed E-state index contributed by atoms with van der Waals surface area (Å²) < 4.78 is 0.